The van der Waals surface area contributed by atoms with Gasteiger partial charge < -0.3 is 5.73 Å². The van der Waals surface area contributed by atoms with Crippen LogP contribution in [0.1, 0.15) is 11.1 Å². The van der Waals surface area contributed by atoms with E-state index in [0.29, 0.717) is 0 Å². The first kappa shape index (κ1) is 11.7. The van der Waals surface area contributed by atoms with Crippen molar-refractivity contribution in [2.24, 2.45) is 5.73 Å². The van der Waals surface area contributed by atoms with E-state index in [0.717, 1.165) is 16.3 Å². The number of hydrogen-bond donors (Lipinski definition) is 2. The van der Waals surface area contributed by atoms with Gasteiger partial charge in [0.2, 0.25) is 0 Å². The normalized spacial score (nSPS) is 10.1. The zero-order chi connectivity index (χ0) is 12.1. The van der Waals surface area contributed by atoms with Crippen LogP contribution in [0, 0.1) is 5.41 Å². The van der Waals surface area contributed by atoms with Crippen LogP contribution in [-0.2, 0) is 5.75 Å². The Balaban J connectivity index is 2.04. The number of aromatic nitrogens is 1. The molecule has 0 radical (unpaired) electrons. The molecule has 17 heavy (non-hydrogen) atoms. The van der Waals surface area contributed by atoms with Crippen molar-refractivity contribution in [2.45, 2.75) is 10.8 Å². The number of amidine groups is 1. The third-order valence-electron chi connectivity index (χ3n) is 2.28. The van der Waals surface area contributed by atoms with Gasteiger partial charge in [-0.2, -0.15) is 0 Å². The molecule has 4 heteroatoms. The average Bonchev–Trinajstić information content (AvgIpc) is 2.38. The van der Waals surface area contributed by atoms with Crippen molar-refractivity contribution < 1.29 is 0 Å². The third-order valence-corrected chi connectivity index (χ3v) is 3.27. The molecule has 0 fully saturated rings. The fourth-order valence-electron chi connectivity index (χ4n) is 1.39. The predicted molar refractivity (Wildman–Crippen MR) is 71.3 cm³/mol. The average molecular weight is 243 g/mol. The summed E-state index contributed by atoms with van der Waals surface area (Å²) in [6.07, 6.45) is 1.68. The van der Waals surface area contributed by atoms with Gasteiger partial charge in [-0.05, 0) is 17.7 Å². The van der Waals surface area contributed by atoms with E-state index in [1.807, 2.05) is 24.3 Å². The smallest absolute Gasteiger partial charge is 0.122 e. The second-order valence-electron chi connectivity index (χ2n) is 3.57. The maximum atomic E-state index is 7.37. The molecule has 0 aliphatic rings. The maximum absolute atomic E-state index is 7.37. The highest BCUT2D eigenvalue weighted by molar-refractivity contribution is 7.98. The molecule has 0 saturated heterocycles. The monoisotopic (exact) mass is 243 g/mol. The number of rotatable bonds is 4. The Labute approximate surface area is 105 Å². The van der Waals surface area contributed by atoms with Gasteiger partial charge in [0.05, 0.1) is 5.03 Å². The molecule has 0 bridgehead atoms. The number of thioether (sulfide) groups is 1. The molecule has 3 nitrogen and oxygen atoms in total. The van der Waals surface area contributed by atoms with Crippen molar-refractivity contribution in [2.75, 3.05) is 0 Å². The molecule has 2 aromatic rings. The molecule has 3 N–H and O–H groups in total. The summed E-state index contributed by atoms with van der Waals surface area (Å²) in [4.78, 5) is 4.25. The Morgan fingerprint density at radius 2 is 2.00 bits per heavy atom. The summed E-state index contributed by atoms with van der Waals surface area (Å²) >= 11 is 1.64. The first-order valence-electron chi connectivity index (χ1n) is 5.23. The molecule has 0 aliphatic heterocycles. The zero-order valence-corrected chi connectivity index (χ0v) is 10.1. The van der Waals surface area contributed by atoms with Crippen LogP contribution in [0.4, 0.5) is 0 Å². The fourth-order valence-corrected chi connectivity index (χ4v) is 2.24. The first-order valence-corrected chi connectivity index (χ1v) is 6.21. The van der Waals surface area contributed by atoms with Crippen LogP contribution in [0.15, 0.2) is 53.7 Å². The zero-order valence-electron chi connectivity index (χ0n) is 9.26. The molecular formula is C13H13N3S. The number of nitrogens with zero attached hydrogens (tertiary/aromatic N) is 1. The van der Waals surface area contributed by atoms with Crippen molar-refractivity contribution in [1.82, 2.24) is 4.98 Å². The highest BCUT2D eigenvalue weighted by atomic mass is 32.2. The summed E-state index contributed by atoms with van der Waals surface area (Å²) in [5, 5.41) is 8.26. The molecule has 1 aromatic carbocycles. The van der Waals surface area contributed by atoms with Crippen molar-refractivity contribution in [1.29, 1.82) is 5.41 Å². The van der Waals surface area contributed by atoms with Gasteiger partial charge in [-0.25, -0.2) is 4.98 Å². The molecule has 0 atom stereocenters. The summed E-state index contributed by atoms with van der Waals surface area (Å²) in [6, 6.07) is 13.8. The Hall–Kier alpha value is -1.81. The Morgan fingerprint density at radius 1 is 1.24 bits per heavy atom. The van der Waals surface area contributed by atoms with Gasteiger partial charge >= 0.3 is 0 Å². The summed E-state index contributed by atoms with van der Waals surface area (Å²) in [6.45, 7) is 0. The standard InChI is InChI=1S/C13H13N3S/c14-13(15)11-6-7-16-12(8-11)17-9-10-4-2-1-3-5-10/h1-8H,9H2,(H3,14,15). The predicted octanol–water partition coefficient (Wildman–Crippen LogP) is 2.66. The molecule has 0 unspecified atom stereocenters. The lowest BCUT2D eigenvalue weighted by Gasteiger charge is -2.03. The first-order chi connectivity index (χ1) is 8.25. The molecule has 1 aromatic heterocycles. The van der Waals surface area contributed by atoms with Crippen LogP contribution in [0.5, 0.6) is 0 Å². The van der Waals surface area contributed by atoms with Gasteiger partial charge in [0.15, 0.2) is 0 Å². The van der Waals surface area contributed by atoms with E-state index in [9.17, 15) is 0 Å². The largest absolute Gasteiger partial charge is 0.384 e. The van der Waals surface area contributed by atoms with Crippen LogP contribution in [0.3, 0.4) is 0 Å². The number of pyridine rings is 1. The van der Waals surface area contributed by atoms with Crippen molar-refractivity contribution in [3.63, 3.8) is 0 Å². The Morgan fingerprint density at radius 3 is 2.71 bits per heavy atom. The minimum atomic E-state index is 0.0777. The van der Waals surface area contributed by atoms with Crippen LogP contribution < -0.4 is 5.73 Å². The summed E-state index contributed by atoms with van der Waals surface area (Å²) in [5.41, 5.74) is 7.41. The van der Waals surface area contributed by atoms with Crippen LogP contribution in [0.2, 0.25) is 0 Å². The van der Waals surface area contributed by atoms with E-state index in [-0.39, 0.29) is 5.84 Å². The summed E-state index contributed by atoms with van der Waals surface area (Å²) in [5.74, 6) is 0.948. The SMILES string of the molecule is N=C(N)c1ccnc(SCc2ccccc2)c1. The lowest BCUT2D eigenvalue weighted by Crippen LogP contribution is -2.10. The highest BCUT2D eigenvalue weighted by Gasteiger charge is 2.01. The number of nitrogens with two attached hydrogens (primary N) is 1. The molecule has 0 spiro atoms. The van der Waals surface area contributed by atoms with Crippen LogP contribution in [-0.4, -0.2) is 10.8 Å². The number of hydrogen-bond acceptors (Lipinski definition) is 3. The van der Waals surface area contributed by atoms with Gasteiger partial charge in [0.1, 0.15) is 5.84 Å². The second kappa shape index (κ2) is 5.50. The number of nitrogens with one attached hydrogen (secondary N) is 1. The van der Waals surface area contributed by atoms with E-state index < -0.39 is 0 Å². The molecule has 1 heterocycles. The lowest BCUT2D eigenvalue weighted by atomic mass is 10.2. The topological polar surface area (TPSA) is 62.8 Å². The fraction of sp³-hybridized carbons (Fsp3) is 0.0769. The van der Waals surface area contributed by atoms with E-state index in [1.54, 1.807) is 24.0 Å². The van der Waals surface area contributed by atoms with E-state index in [1.165, 1.54) is 5.56 Å². The second-order valence-corrected chi connectivity index (χ2v) is 4.57. The minimum absolute atomic E-state index is 0.0777. The number of nitrogen functional groups attached to an aromatic ring is 1. The Kier molecular flexibility index (Phi) is 3.77. The van der Waals surface area contributed by atoms with Crippen molar-refractivity contribution >= 4 is 17.6 Å². The van der Waals surface area contributed by atoms with E-state index in [2.05, 4.69) is 17.1 Å². The van der Waals surface area contributed by atoms with E-state index in [4.69, 9.17) is 11.1 Å². The lowest BCUT2D eigenvalue weighted by molar-refractivity contribution is 1.12. The van der Waals surface area contributed by atoms with E-state index >= 15 is 0 Å². The van der Waals surface area contributed by atoms with Crippen molar-refractivity contribution in [3.8, 4) is 0 Å². The van der Waals surface area contributed by atoms with Gasteiger partial charge in [-0.1, -0.05) is 30.3 Å². The van der Waals surface area contributed by atoms with Crippen molar-refractivity contribution in [3.05, 3.63) is 59.8 Å². The maximum Gasteiger partial charge on any atom is 0.122 e. The molecule has 0 amide bonds. The third kappa shape index (κ3) is 3.32. The molecular weight excluding hydrogens is 230 g/mol. The molecule has 0 aliphatic carbocycles. The van der Waals surface area contributed by atoms with Gasteiger partial charge in [-0.15, -0.1) is 11.8 Å². The van der Waals surface area contributed by atoms with Crippen LogP contribution >= 0.6 is 11.8 Å². The highest BCUT2D eigenvalue weighted by Crippen LogP contribution is 2.21. The van der Waals surface area contributed by atoms with Gasteiger partial charge in [0.25, 0.3) is 0 Å². The minimum Gasteiger partial charge on any atom is -0.384 e. The summed E-state index contributed by atoms with van der Waals surface area (Å²) in [7, 11) is 0. The quantitative estimate of drug-likeness (QED) is 0.493. The van der Waals surface area contributed by atoms with Crippen LogP contribution in [0.25, 0.3) is 0 Å². The van der Waals surface area contributed by atoms with Gasteiger partial charge in [0, 0.05) is 17.5 Å². The van der Waals surface area contributed by atoms with Gasteiger partial charge in [-0.3, -0.25) is 5.41 Å². The molecule has 2 rings (SSSR count). The molecule has 0 saturated carbocycles. The Bertz CT molecular complexity index is 511. The molecule has 86 valence electrons. The number of benzene rings is 1. The summed E-state index contributed by atoms with van der Waals surface area (Å²) < 4.78 is 0.